The number of hydrogen-bond acceptors (Lipinski definition) is 2. The molecule has 0 heterocycles. The number of halogens is 1. The summed E-state index contributed by atoms with van der Waals surface area (Å²) in [6, 6.07) is 16.4. The van der Waals surface area contributed by atoms with E-state index in [4.69, 9.17) is 10.5 Å². The van der Waals surface area contributed by atoms with Gasteiger partial charge < -0.3 is 10.5 Å². The summed E-state index contributed by atoms with van der Waals surface area (Å²) in [7, 11) is 0. The molecule has 0 bridgehead atoms. The van der Waals surface area contributed by atoms with Gasteiger partial charge in [-0.25, -0.2) is 0 Å². The highest BCUT2D eigenvalue weighted by Crippen LogP contribution is 2.26. The van der Waals surface area contributed by atoms with Gasteiger partial charge in [0.05, 0.1) is 0 Å². The second-order valence-electron chi connectivity index (χ2n) is 4.98. The molecule has 2 N–H and O–H groups in total. The van der Waals surface area contributed by atoms with Crippen molar-refractivity contribution in [3.63, 3.8) is 0 Å². The van der Waals surface area contributed by atoms with E-state index in [2.05, 4.69) is 60.7 Å². The summed E-state index contributed by atoms with van der Waals surface area (Å²) in [6.07, 6.45) is 0.765. The topological polar surface area (TPSA) is 35.2 Å². The van der Waals surface area contributed by atoms with Gasteiger partial charge in [-0.1, -0.05) is 42.8 Å². The summed E-state index contributed by atoms with van der Waals surface area (Å²) in [5.74, 6) is 0.867. The molecule has 0 aliphatic rings. The van der Waals surface area contributed by atoms with E-state index in [1.807, 2.05) is 24.3 Å². The van der Waals surface area contributed by atoms with Crippen molar-refractivity contribution in [1.29, 1.82) is 0 Å². The molecule has 2 aromatic carbocycles. The fourth-order valence-corrected chi connectivity index (χ4v) is 2.57. The Balaban J connectivity index is 2.26. The molecule has 20 heavy (non-hydrogen) atoms. The maximum Gasteiger partial charge on any atom is 0.139 e. The highest BCUT2D eigenvalue weighted by atomic mass is 127. The van der Waals surface area contributed by atoms with Crippen molar-refractivity contribution in [2.75, 3.05) is 0 Å². The quantitative estimate of drug-likeness (QED) is 0.777. The maximum absolute atomic E-state index is 6.25. The fraction of sp³-hybridized carbons (Fsp3) is 0.294. The van der Waals surface area contributed by atoms with Crippen molar-refractivity contribution in [2.45, 2.75) is 32.4 Å². The number of hydrogen-bond donors (Lipinski definition) is 1. The van der Waals surface area contributed by atoms with Crippen molar-refractivity contribution >= 4 is 22.6 Å². The van der Waals surface area contributed by atoms with Gasteiger partial charge in [0.15, 0.2) is 0 Å². The molecule has 2 nitrogen and oxygen atoms in total. The lowest BCUT2D eigenvalue weighted by atomic mass is 10.00. The minimum atomic E-state index is -0.112. The molecule has 0 aromatic heterocycles. The van der Waals surface area contributed by atoms with E-state index in [1.165, 1.54) is 5.56 Å². The summed E-state index contributed by atoms with van der Waals surface area (Å²) >= 11 is 2.29. The zero-order chi connectivity index (χ0) is 14.5. The smallest absolute Gasteiger partial charge is 0.139 e. The van der Waals surface area contributed by atoms with E-state index >= 15 is 0 Å². The van der Waals surface area contributed by atoms with Gasteiger partial charge in [-0.3, -0.25) is 0 Å². The molecule has 3 heteroatoms. The lowest BCUT2D eigenvalue weighted by molar-refractivity contribution is 0.171. The number of aryl methyl sites for hydroxylation is 1. The number of rotatable bonds is 5. The van der Waals surface area contributed by atoms with E-state index in [1.54, 1.807) is 0 Å². The minimum Gasteiger partial charge on any atom is -0.484 e. The first kappa shape index (κ1) is 15.3. The van der Waals surface area contributed by atoms with Gasteiger partial charge in [0.2, 0.25) is 0 Å². The van der Waals surface area contributed by atoms with Crippen LogP contribution in [0.5, 0.6) is 5.75 Å². The van der Waals surface area contributed by atoms with E-state index in [-0.39, 0.29) is 12.1 Å². The molecule has 0 spiro atoms. The Hall–Kier alpha value is -1.07. The molecule has 0 fully saturated rings. The summed E-state index contributed by atoms with van der Waals surface area (Å²) in [5.41, 5.74) is 8.62. The molecular weight excluding hydrogens is 361 g/mol. The third kappa shape index (κ3) is 3.96. The SMILES string of the molecule is CCC(N)C(Oc1cccc(I)c1)c1ccc(C)cc1. The molecule has 0 aliphatic heterocycles. The molecule has 2 unspecified atom stereocenters. The standard InChI is InChI=1S/C17H20INO/c1-3-16(19)17(13-9-7-12(2)8-10-13)20-15-6-4-5-14(18)11-15/h4-11,16-17H,3,19H2,1-2H3. The van der Waals surface area contributed by atoms with E-state index in [0.29, 0.717) is 0 Å². The fourth-order valence-electron chi connectivity index (χ4n) is 2.06. The van der Waals surface area contributed by atoms with Crippen molar-refractivity contribution in [3.05, 3.63) is 63.2 Å². The van der Waals surface area contributed by atoms with Gasteiger partial charge in [-0.05, 0) is 59.7 Å². The van der Waals surface area contributed by atoms with Gasteiger partial charge in [0, 0.05) is 9.61 Å². The van der Waals surface area contributed by atoms with Gasteiger partial charge in [0.1, 0.15) is 11.9 Å². The molecular formula is C17H20INO. The van der Waals surface area contributed by atoms with Crippen LogP contribution in [0, 0.1) is 10.5 Å². The lowest BCUT2D eigenvalue weighted by Crippen LogP contribution is -2.31. The largest absolute Gasteiger partial charge is 0.484 e. The predicted octanol–water partition coefficient (Wildman–Crippen LogP) is 4.46. The highest BCUT2D eigenvalue weighted by Gasteiger charge is 2.20. The molecule has 2 atom stereocenters. The van der Waals surface area contributed by atoms with Crippen LogP contribution >= 0.6 is 22.6 Å². The zero-order valence-corrected chi connectivity index (χ0v) is 14.0. The number of nitrogens with two attached hydrogens (primary N) is 1. The molecule has 0 radical (unpaired) electrons. The molecule has 0 saturated carbocycles. The molecule has 0 saturated heterocycles. The Morgan fingerprint density at radius 3 is 2.45 bits per heavy atom. The first-order valence-corrected chi connectivity index (χ1v) is 7.92. The normalized spacial score (nSPS) is 13.8. The summed E-state index contributed by atoms with van der Waals surface area (Å²) in [5, 5.41) is 0. The van der Waals surface area contributed by atoms with Crippen LogP contribution in [-0.2, 0) is 0 Å². The summed E-state index contributed by atoms with van der Waals surface area (Å²) in [4.78, 5) is 0. The highest BCUT2D eigenvalue weighted by molar-refractivity contribution is 14.1. The Kier molecular flexibility index (Phi) is 5.43. The lowest BCUT2D eigenvalue weighted by Gasteiger charge is -2.25. The summed E-state index contributed by atoms with van der Waals surface area (Å²) < 4.78 is 7.30. The Labute approximate surface area is 134 Å². The van der Waals surface area contributed by atoms with E-state index < -0.39 is 0 Å². The van der Waals surface area contributed by atoms with Crippen LogP contribution in [-0.4, -0.2) is 6.04 Å². The predicted molar refractivity (Wildman–Crippen MR) is 92.0 cm³/mol. The molecule has 2 rings (SSSR count). The average molecular weight is 381 g/mol. The van der Waals surface area contributed by atoms with Crippen LogP contribution in [0.2, 0.25) is 0 Å². The van der Waals surface area contributed by atoms with Gasteiger partial charge in [-0.2, -0.15) is 0 Å². The number of benzene rings is 2. The number of ether oxygens (including phenoxy) is 1. The Bertz CT molecular complexity index is 553. The van der Waals surface area contributed by atoms with Gasteiger partial charge in [-0.15, -0.1) is 0 Å². The van der Waals surface area contributed by atoms with Crippen LogP contribution in [0.15, 0.2) is 48.5 Å². The third-order valence-corrected chi connectivity index (χ3v) is 4.00. The molecule has 0 amide bonds. The molecule has 2 aromatic rings. The third-order valence-electron chi connectivity index (χ3n) is 3.33. The van der Waals surface area contributed by atoms with Crippen LogP contribution in [0.3, 0.4) is 0 Å². The Morgan fingerprint density at radius 1 is 1.15 bits per heavy atom. The first-order valence-electron chi connectivity index (χ1n) is 6.84. The van der Waals surface area contributed by atoms with Crippen molar-refractivity contribution in [3.8, 4) is 5.75 Å². The van der Waals surface area contributed by atoms with Crippen LogP contribution in [0.1, 0.15) is 30.6 Å². The van der Waals surface area contributed by atoms with E-state index in [9.17, 15) is 0 Å². The van der Waals surface area contributed by atoms with Gasteiger partial charge >= 0.3 is 0 Å². The first-order chi connectivity index (χ1) is 9.60. The van der Waals surface area contributed by atoms with Crippen molar-refractivity contribution in [2.24, 2.45) is 5.73 Å². The van der Waals surface area contributed by atoms with Crippen molar-refractivity contribution in [1.82, 2.24) is 0 Å². The van der Waals surface area contributed by atoms with Crippen LogP contribution in [0.25, 0.3) is 0 Å². The Morgan fingerprint density at radius 2 is 1.85 bits per heavy atom. The summed E-state index contributed by atoms with van der Waals surface area (Å²) in [6.45, 7) is 4.17. The average Bonchev–Trinajstić information content (AvgIpc) is 2.45. The minimum absolute atomic E-state index is 0.0180. The van der Waals surface area contributed by atoms with Crippen molar-refractivity contribution < 1.29 is 4.74 Å². The molecule has 0 aliphatic carbocycles. The van der Waals surface area contributed by atoms with E-state index in [0.717, 1.165) is 21.3 Å². The monoisotopic (exact) mass is 381 g/mol. The second kappa shape index (κ2) is 7.09. The second-order valence-corrected chi connectivity index (χ2v) is 6.22. The van der Waals surface area contributed by atoms with Crippen LogP contribution in [0.4, 0.5) is 0 Å². The van der Waals surface area contributed by atoms with Gasteiger partial charge in [0.25, 0.3) is 0 Å². The van der Waals surface area contributed by atoms with Crippen LogP contribution < -0.4 is 10.5 Å². The zero-order valence-electron chi connectivity index (χ0n) is 11.8. The molecule has 106 valence electrons. The maximum atomic E-state index is 6.25.